The number of likely N-dealkylation sites (tertiary alicyclic amines) is 1. The maximum Gasteiger partial charge on any atom is 0.233 e. The lowest BCUT2D eigenvalue weighted by Crippen LogP contribution is -2.42. The standard InChI is InChI=1S/C25H39ClN8/c1-32(2)22-12-11-19(17-21(22)26)28-24-29-23(27-18-9-7-5-6-8-10-18)30-25(31-24)34(4)20-13-15-33(3)16-14-20/h11-12,17-18,20H,5-10,13-16H2,1-4H3,(H2,27,28,29,30,31). The summed E-state index contributed by atoms with van der Waals surface area (Å²) in [4.78, 5) is 21.0. The number of hydrogen-bond acceptors (Lipinski definition) is 8. The Morgan fingerprint density at radius 1 is 0.912 bits per heavy atom. The van der Waals surface area contributed by atoms with Gasteiger partial charge in [0.15, 0.2) is 0 Å². The van der Waals surface area contributed by atoms with Crippen LogP contribution in [0.1, 0.15) is 51.4 Å². The molecule has 2 aromatic rings. The van der Waals surface area contributed by atoms with Gasteiger partial charge in [0.05, 0.1) is 10.7 Å². The van der Waals surface area contributed by atoms with Crippen LogP contribution in [0.3, 0.4) is 0 Å². The third-order valence-corrected chi connectivity index (χ3v) is 7.35. The summed E-state index contributed by atoms with van der Waals surface area (Å²) in [5.41, 5.74) is 1.83. The molecule has 1 aromatic carbocycles. The van der Waals surface area contributed by atoms with Crippen molar-refractivity contribution in [3.63, 3.8) is 0 Å². The van der Waals surface area contributed by atoms with Gasteiger partial charge in [0.1, 0.15) is 0 Å². The minimum absolute atomic E-state index is 0.410. The number of anilines is 5. The van der Waals surface area contributed by atoms with Crippen LogP contribution >= 0.6 is 11.6 Å². The second-order valence-electron chi connectivity index (χ2n) is 9.95. The third kappa shape index (κ3) is 6.42. The molecule has 2 fully saturated rings. The van der Waals surface area contributed by atoms with Gasteiger partial charge in [-0.25, -0.2) is 0 Å². The molecule has 1 aliphatic carbocycles. The number of nitrogens with zero attached hydrogens (tertiary/aromatic N) is 6. The van der Waals surface area contributed by atoms with Gasteiger partial charge in [0.25, 0.3) is 0 Å². The van der Waals surface area contributed by atoms with Crippen molar-refractivity contribution < 1.29 is 0 Å². The number of rotatable bonds is 7. The van der Waals surface area contributed by atoms with Crippen LogP contribution in [-0.2, 0) is 0 Å². The smallest absolute Gasteiger partial charge is 0.233 e. The average molecular weight is 487 g/mol. The van der Waals surface area contributed by atoms with Crippen molar-refractivity contribution in [2.45, 2.75) is 63.5 Å². The van der Waals surface area contributed by atoms with Crippen molar-refractivity contribution in [2.75, 3.05) is 61.7 Å². The molecule has 4 rings (SSSR count). The molecular formula is C25H39ClN8. The molecule has 0 spiro atoms. The SMILES string of the molecule is CN1CCC(N(C)c2nc(Nc3ccc(N(C)C)c(Cl)c3)nc(NC3CCCCCC3)n2)CC1. The van der Waals surface area contributed by atoms with Gasteiger partial charge in [-0.1, -0.05) is 37.3 Å². The fourth-order valence-electron chi connectivity index (χ4n) is 4.87. The number of benzene rings is 1. The third-order valence-electron chi connectivity index (χ3n) is 7.05. The average Bonchev–Trinajstić information content (AvgIpc) is 3.07. The molecule has 2 N–H and O–H groups in total. The summed E-state index contributed by atoms with van der Waals surface area (Å²) in [7, 11) is 8.25. The molecule has 1 aromatic heterocycles. The number of hydrogen-bond donors (Lipinski definition) is 2. The Labute approximate surface area is 209 Å². The summed E-state index contributed by atoms with van der Waals surface area (Å²) in [5.74, 6) is 1.89. The van der Waals surface area contributed by atoms with E-state index in [0.717, 1.165) is 50.1 Å². The molecule has 8 nitrogen and oxygen atoms in total. The monoisotopic (exact) mass is 486 g/mol. The van der Waals surface area contributed by atoms with Crippen LogP contribution in [0, 0.1) is 0 Å². The summed E-state index contributed by atoms with van der Waals surface area (Å²) < 4.78 is 0. The van der Waals surface area contributed by atoms with Gasteiger partial charge in [-0.05, 0) is 64.0 Å². The van der Waals surface area contributed by atoms with Gasteiger partial charge >= 0.3 is 0 Å². The number of piperidine rings is 1. The highest BCUT2D eigenvalue weighted by Crippen LogP contribution is 2.29. The van der Waals surface area contributed by atoms with Gasteiger partial charge in [0, 0.05) is 38.9 Å². The van der Waals surface area contributed by atoms with E-state index in [1.54, 1.807) is 0 Å². The lowest BCUT2D eigenvalue weighted by molar-refractivity contribution is 0.252. The fraction of sp³-hybridized carbons (Fsp3) is 0.640. The fourth-order valence-corrected chi connectivity index (χ4v) is 5.22. The van der Waals surface area contributed by atoms with Crippen molar-refractivity contribution in [2.24, 2.45) is 0 Å². The molecule has 1 saturated carbocycles. The van der Waals surface area contributed by atoms with E-state index in [-0.39, 0.29) is 0 Å². The molecule has 2 aliphatic rings. The van der Waals surface area contributed by atoms with Gasteiger partial charge < -0.3 is 25.3 Å². The minimum Gasteiger partial charge on any atom is -0.376 e. The van der Waals surface area contributed by atoms with Crippen molar-refractivity contribution in [1.29, 1.82) is 0 Å². The Morgan fingerprint density at radius 3 is 2.24 bits per heavy atom. The first-order valence-corrected chi connectivity index (χ1v) is 12.9. The zero-order chi connectivity index (χ0) is 24.1. The Kier molecular flexibility index (Phi) is 8.32. The van der Waals surface area contributed by atoms with Crippen LogP contribution in [0.2, 0.25) is 5.02 Å². The Balaban J connectivity index is 1.58. The van der Waals surface area contributed by atoms with Crippen molar-refractivity contribution in [1.82, 2.24) is 19.9 Å². The summed E-state index contributed by atoms with van der Waals surface area (Å²) in [6, 6.07) is 6.75. The van der Waals surface area contributed by atoms with E-state index in [4.69, 9.17) is 26.6 Å². The molecule has 34 heavy (non-hydrogen) atoms. The van der Waals surface area contributed by atoms with Gasteiger partial charge in [0.2, 0.25) is 17.8 Å². The molecular weight excluding hydrogens is 448 g/mol. The molecule has 1 aliphatic heterocycles. The van der Waals surface area contributed by atoms with E-state index in [1.807, 2.05) is 37.2 Å². The number of halogens is 1. The highest BCUT2D eigenvalue weighted by atomic mass is 35.5. The minimum atomic E-state index is 0.410. The van der Waals surface area contributed by atoms with E-state index in [9.17, 15) is 0 Å². The highest BCUT2D eigenvalue weighted by molar-refractivity contribution is 6.33. The second kappa shape index (κ2) is 11.4. The number of nitrogens with one attached hydrogen (secondary N) is 2. The van der Waals surface area contributed by atoms with Crippen molar-refractivity contribution >= 4 is 40.8 Å². The molecule has 0 radical (unpaired) electrons. The van der Waals surface area contributed by atoms with Crippen LogP contribution < -0.4 is 20.4 Å². The Bertz CT molecular complexity index is 937. The van der Waals surface area contributed by atoms with Crippen LogP contribution in [0.4, 0.5) is 29.2 Å². The summed E-state index contributed by atoms with van der Waals surface area (Å²) in [5, 5.41) is 7.67. The van der Waals surface area contributed by atoms with E-state index in [2.05, 4.69) is 34.5 Å². The Hall–Kier alpha value is -2.32. The van der Waals surface area contributed by atoms with Crippen LogP contribution in [0.5, 0.6) is 0 Å². The Morgan fingerprint density at radius 2 is 1.59 bits per heavy atom. The first kappa shape index (κ1) is 24.8. The highest BCUT2D eigenvalue weighted by Gasteiger charge is 2.24. The quantitative estimate of drug-likeness (QED) is 0.530. The topological polar surface area (TPSA) is 72.5 Å². The molecule has 0 amide bonds. The lowest BCUT2D eigenvalue weighted by Gasteiger charge is -2.35. The lowest BCUT2D eigenvalue weighted by atomic mass is 10.0. The van der Waals surface area contributed by atoms with Gasteiger partial charge in [-0.3, -0.25) is 0 Å². The number of aromatic nitrogens is 3. The van der Waals surface area contributed by atoms with Gasteiger partial charge in [-0.15, -0.1) is 0 Å². The second-order valence-corrected chi connectivity index (χ2v) is 10.4. The predicted molar refractivity (Wildman–Crippen MR) is 143 cm³/mol. The normalized spacial score (nSPS) is 18.4. The summed E-state index contributed by atoms with van der Waals surface area (Å²) >= 11 is 6.50. The maximum atomic E-state index is 6.50. The largest absolute Gasteiger partial charge is 0.376 e. The van der Waals surface area contributed by atoms with Crippen LogP contribution in [0.15, 0.2) is 18.2 Å². The van der Waals surface area contributed by atoms with E-state index in [0.29, 0.717) is 35.0 Å². The maximum absolute atomic E-state index is 6.50. The first-order chi connectivity index (χ1) is 16.4. The molecule has 0 atom stereocenters. The van der Waals surface area contributed by atoms with E-state index < -0.39 is 0 Å². The summed E-state index contributed by atoms with van der Waals surface area (Å²) in [6.07, 6.45) is 9.68. The van der Waals surface area contributed by atoms with E-state index in [1.165, 1.54) is 25.7 Å². The predicted octanol–water partition coefficient (Wildman–Crippen LogP) is 5.00. The van der Waals surface area contributed by atoms with Crippen LogP contribution in [0.25, 0.3) is 0 Å². The molecule has 186 valence electrons. The summed E-state index contributed by atoms with van der Waals surface area (Å²) in [6.45, 7) is 2.18. The van der Waals surface area contributed by atoms with Crippen LogP contribution in [-0.4, -0.2) is 73.2 Å². The molecule has 0 bridgehead atoms. The first-order valence-electron chi connectivity index (χ1n) is 12.6. The van der Waals surface area contributed by atoms with E-state index >= 15 is 0 Å². The molecule has 0 unspecified atom stereocenters. The van der Waals surface area contributed by atoms with Crippen molar-refractivity contribution in [3.05, 3.63) is 23.2 Å². The molecule has 9 heteroatoms. The van der Waals surface area contributed by atoms with Crippen molar-refractivity contribution in [3.8, 4) is 0 Å². The molecule has 1 saturated heterocycles. The zero-order valence-corrected chi connectivity index (χ0v) is 21.8. The zero-order valence-electron chi connectivity index (χ0n) is 21.0. The molecule has 2 heterocycles. The van der Waals surface area contributed by atoms with Gasteiger partial charge in [-0.2, -0.15) is 15.0 Å².